The Hall–Kier alpha value is -3.61. The first kappa shape index (κ1) is 24.1. The number of nitrogens with one attached hydrogen (secondary N) is 2. The van der Waals surface area contributed by atoms with Crippen LogP contribution in [-0.2, 0) is 0 Å². The number of pyridine rings is 1. The van der Waals surface area contributed by atoms with Crippen LogP contribution in [0.2, 0.25) is 0 Å². The summed E-state index contributed by atoms with van der Waals surface area (Å²) in [5.41, 5.74) is 10.0. The van der Waals surface area contributed by atoms with E-state index in [0.29, 0.717) is 17.4 Å². The van der Waals surface area contributed by atoms with Crippen molar-refractivity contribution in [3.8, 4) is 5.88 Å². The average molecular weight is 489 g/mol. The first-order valence-electron chi connectivity index (χ1n) is 12.8. The summed E-state index contributed by atoms with van der Waals surface area (Å²) < 4.78 is 18.7. The maximum absolute atomic E-state index is 13.5. The molecule has 0 spiro atoms. The van der Waals surface area contributed by atoms with Gasteiger partial charge in [-0.1, -0.05) is 25.8 Å². The van der Waals surface area contributed by atoms with Gasteiger partial charge in [-0.2, -0.15) is 0 Å². The molecule has 0 radical (unpaired) electrons. The molecule has 36 heavy (non-hydrogen) atoms. The molecule has 0 saturated heterocycles. The van der Waals surface area contributed by atoms with Crippen molar-refractivity contribution in [3.05, 3.63) is 88.7 Å². The Morgan fingerprint density at radius 3 is 2.86 bits per heavy atom. The number of halogens is 1. The molecule has 0 bridgehead atoms. The molecule has 1 aliphatic heterocycles. The lowest BCUT2D eigenvalue weighted by atomic mass is 9.78. The van der Waals surface area contributed by atoms with Gasteiger partial charge in [0.25, 0.3) is 5.91 Å². The number of methoxy groups -OCH3 is 1. The summed E-state index contributed by atoms with van der Waals surface area (Å²) in [6.07, 6.45) is 10.9. The zero-order valence-electron chi connectivity index (χ0n) is 21.1. The minimum atomic E-state index is -0.239. The zero-order valence-corrected chi connectivity index (χ0v) is 21.1. The van der Waals surface area contributed by atoms with E-state index in [0.717, 1.165) is 43.5 Å². The molecule has 2 N–H and O–H groups in total. The molecule has 6 nitrogen and oxygen atoms in total. The number of hydrazine groups is 1. The number of ether oxygens (including phenoxy) is 1. The maximum Gasteiger partial charge on any atom is 0.256 e. The summed E-state index contributed by atoms with van der Waals surface area (Å²) in [6, 6.07) is 10.1. The summed E-state index contributed by atoms with van der Waals surface area (Å²) in [5, 5.41) is 5.29. The molecule has 3 atom stereocenters. The van der Waals surface area contributed by atoms with Crippen LogP contribution in [0, 0.1) is 17.7 Å². The number of carbonyl (C=O) groups excluding carboxylic acids is 1. The lowest BCUT2D eigenvalue weighted by Gasteiger charge is -2.31. The molecule has 1 unspecified atom stereocenters. The van der Waals surface area contributed by atoms with Gasteiger partial charge in [0.05, 0.1) is 18.5 Å². The Balaban J connectivity index is 1.35. The highest BCUT2D eigenvalue weighted by Gasteiger charge is 2.38. The van der Waals surface area contributed by atoms with E-state index in [1.54, 1.807) is 30.5 Å². The number of carbonyl (C=O) groups is 1. The number of benzene rings is 1. The third kappa shape index (κ3) is 4.50. The number of hydrogen-bond acceptors (Lipinski definition) is 5. The number of hydrogen-bond donors (Lipinski definition) is 2. The van der Waals surface area contributed by atoms with Crippen LogP contribution < -0.4 is 20.5 Å². The highest BCUT2D eigenvalue weighted by Crippen LogP contribution is 2.49. The monoisotopic (exact) mass is 488 g/mol. The summed E-state index contributed by atoms with van der Waals surface area (Å²) in [7, 11) is 1.53. The van der Waals surface area contributed by atoms with Crippen LogP contribution in [-0.4, -0.2) is 24.0 Å². The Labute approximate surface area is 211 Å². The molecule has 0 saturated carbocycles. The predicted molar refractivity (Wildman–Crippen MR) is 139 cm³/mol. The summed E-state index contributed by atoms with van der Waals surface area (Å²) in [4.78, 5) is 17.2. The van der Waals surface area contributed by atoms with Crippen molar-refractivity contribution < 1.29 is 13.9 Å². The van der Waals surface area contributed by atoms with Crippen molar-refractivity contribution >= 4 is 11.6 Å². The van der Waals surface area contributed by atoms with Crippen LogP contribution in [0.25, 0.3) is 0 Å². The van der Waals surface area contributed by atoms with Gasteiger partial charge in [0, 0.05) is 29.9 Å². The normalized spacial score (nSPS) is 21.3. The molecular weight excluding hydrogens is 455 g/mol. The standard InChI is InChI=1S/C29H33FN4O2/c1-4-6-22(33-28(35)24-7-5-14-31-29(24)36-3)15-19-8-9-20-16-26-25(18(2)27(19)20)17-32-34(26)23-12-10-21(30)11-13-23/h5,7,10-14,16-19,22,32H,4,6,8-9,15H2,1-3H3,(H,33,35)/t18-,19+,22?/m0/s1. The number of aromatic nitrogens is 1. The third-order valence-electron chi connectivity index (χ3n) is 7.54. The van der Waals surface area contributed by atoms with E-state index in [1.807, 2.05) is 5.01 Å². The van der Waals surface area contributed by atoms with Crippen LogP contribution in [0.3, 0.4) is 0 Å². The van der Waals surface area contributed by atoms with Gasteiger partial charge in [0.1, 0.15) is 11.4 Å². The smallest absolute Gasteiger partial charge is 0.256 e. The van der Waals surface area contributed by atoms with Crippen LogP contribution in [0.5, 0.6) is 5.88 Å². The van der Waals surface area contributed by atoms with Gasteiger partial charge in [-0.15, -0.1) is 0 Å². The molecule has 5 rings (SSSR count). The summed E-state index contributed by atoms with van der Waals surface area (Å²) in [5.74, 6) is 0.669. The molecular formula is C29H33FN4O2. The SMILES string of the molecule is CCCC(C[C@H]1CCC2=C1[C@@H](C)C1=CNN(c3ccc(F)cc3)C1=C2)NC(=O)c1cccnc1OC. The Morgan fingerprint density at radius 2 is 2.11 bits per heavy atom. The second kappa shape index (κ2) is 10.2. The Morgan fingerprint density at radius 1 is 1.31 bits per heavy atom. The van der Waals surface area contributed by atoms with Gasteiger partial charge in [-0.3, -0.25) is 9.80 Å². The van der Waals surface area contributed by atoms with Crippen molar-refractivity contribution in [1.29, 1.82) is 0 Å². The lowest BCUT2D eigenvalue weighted by Crippen LogP contribution is -2.37. The largest absolute Gasteiger partial charge is 0.480 e. The highest BCUT2D eigenvalue weighted by molar-refractivity contribution is 5.96. The van der Waals surface area contributed by atoms with Crippen molar-refractivity contribution in [2.45, 2.75) is 52.0 Å². The fourth-order valence-electron chi connectivity index (χ4n) is 5.89. The molecule has 188 valence electrons. The number of rotatable bonds is 8. The fourth-order valence-corrected chi connectivity index (χ4v) is 5.89. The van der Waals surface area contributed by atoms with Crippen molar-refractivity contribution in [3.63, 3.8) is 0 Å². The topological polar surface area (TPSA) is 66.5 Å². The molecule has 3 aliphatic rings. The van der Waals surface area contributed by atoms with Gasteiger partial charge in [-0.25, -0.2) is 9.37 Å². The van der Waals surface area contributed by atoms with Crippen LogP contribution in [0.15, 0.2) is 77.3 Å². The molecule has 1 aromatic heterocycles. The number of anilines is 1. The maximum atomic E-state index is 13.5. The zero-order chi connectivity index (χ0) is 25.2. The molecule has 1 aromatic carbocycles. The van der Waals surface area contributed by atoms with E-state index in [1.165, 1.54) is 36.0 Å². The second-order valence-electron chi connectivity index (χ2n) is 9.76. The number of fused-ring (bicyclic) bond motifs is 1. The van der Waals surface area contributed by atoms with E-state index in [9.17, 15) is 9.18 Å². The van der Waals surface area contributed by atoms with Gasteiger partial charge in [0.15, 0.2) is 0 Å². The van der Waals surface area contributed by atoms with Gasteiger partial charge < -0.3 is 15.5 Å². The molecule has 2 aliphatic carbocycles. The molecule has 0 fully saturated rings. The molecule has 2 aromatic rings. The third-order valence-corrected chi connectivity index (χ3v) is 7.54. The van der Waals surface area contributed by atoms with E-state index in [4.69, 9.17) is 4.74 Å². The van der Waals surface area contributed by atoms with Crippen LogP contribution >= 0.6 is 0 Å². The van der Waals surface area contributed by atoms with E-state index >= 15 is 0 Å². The van der Waals surface area contributed by atoms with E-state index in [-0.39, 0.29) is 23.7 Å². The van der Waals surface area contributed by atoms with Gasteiger partial charge in [-0.05, 0) is 79.6 Å². The quantitative estimate of drug-likeness (QED) is 0.501. The van der Waals surface area contributed by atoms with Gasteiger partial charge >= 0.3 is 0 Å². The lowest BCUT2D eigenvalue weighted by molar-refractivity contribution is 0.0925. The van der Waals surface area contributed by atoms with Gasteiger partial charge in [0.2, 0.25) is 5.88 Å². The highest BCUT2D eigenvalue weighted by atomic mass is 19.1. The van der Waals surface area contributed by atoms with Crippen molar-refractivity contribution in [2.24, 2.45) is 11.8 Å². The van der Waals surface area contributed by atoms with E-state index in [2.05, 4.69) is 41.9 Å². The second-order valence-corrected chi connectivity index (χ2v) is 9.76. The minimum absolute atomic E-state index is 0.0771. The number of amides is 1. The Kier molecular flexibility index (Phi) is 6.81. The first-order valence-corrected chi connectivity index (χ1v) is 12.8. The van der Waals surface area contributed by atoms with Crippen molar-refractivity contribution in [1.82, 2.24) is 15.7 Å². The molecule has 2 heterocycles. The molecule has 1 amide bonds. The fraction of sp³-hybridized carbons (Fsp3) is 0.379. The first-order chi connectivity index (χ1) is 17.5. The number of allylic oxidation sites excluding steroid dienone is 4. The summed E-state index contributed by atoms with van der Waals surface area (Å²) in [6.45, 7) is 4.43. The molecule has 7 heteroatoms. The minimum Gasteiger partial charge on any atom is -0.480 e. The van der Waals surface area contributed by atoms with Crippen molar-refractivity contribution in [2.75, 3.05) is 12.1 Å². The Bertz CT molecular complexity index is 1230. The number of nitrogens with zero attached hydrogens (tertiary/aromatic N) is 2. The predicted octanol–water partition coefficient (Wildman–Crippen LogP) is 5.67. The summed E-state index contributed by atoms with van der Waals surface area (Å²) >= 11 is 0. The van der Waals surface area contributed by atoms with E-state index < -0.39 is 0 Å². The van der Waals surface area contributed by atoms with Crippen LogP contribution in [0.4, 0.5) is 10.1 Å². The average Bonchev–Trinajstić information content (AvgIpc) is 3.49. The van der Waals surface area contributed by atoms with Crippen LogP contribution in [0.1, 0.15) is 56.3 Å².